The van der Waals surface area contributed by atoms with Gasteiger partial charge in [-0.2, -0.15) is 0 Å². The molecule has 5 nitrogen and oxygen atoms in total. The van der Waals surface area contributed by atoms with Crippen molar-refractivity contribution in [2.45, 2.75) is 13.5 Å². The minimum absolute atomic E-state index is 0.217. The summed E-state index contributed by atoms with van der Waals surface area (Å²) in [6.07, 6.45) is 0. The second-order valence-electron chi connectivity index (χ2n) is 4.33. The molecule has 2 amide bonds. The summed E-state index contributed by atoms with van der Waals surface area (Å²) in [5, 5.41) is 15.9. The van der Waals surface area contributed by atoms with Crippen molar-refractivity contribution in [1.82, 2.24) is 5.32 Å². The zero-order valence-corrected chi connectivity index (χ0v) is 12.0. The Kier molecular flexibility index (Phi) is 4.54. The molecule has 0 saturated carbocycles. The van der Waals surface area contributed by atoms with Crippen LogP contribution in [0.5, 0.6) is 0 Å². The highest BCUT2D eigenvalue weighted by Crippen LogP contribution is 2.16. The second-order valence-corrected chi connectivity index (χ2v) is 5.33. The van der Waals surface area contributed by atoms with Crippen LogP contribution in [0.3, 0.4) is 0 Å². The summed E-state index contributed by atoms with van der Waals surface area (Å²) >= 11 is 1.54. The first-order valence-electron chi connectivity index (χ1n) is 6.08. The average molecular weight is 308 g/mol. The molecule has 0 atom stereocenters. The van der Waals surface area contributed by atoms with Gasteiger partial charge in [0.25, 0.3) is 0 Å². The van der Waals surface area contributed by atoms with Crippen LogP contribution in [0.25, 0.3) is 0 Å². The number of carbonyl (C=O) groups excluding carboxylic acids is 1. The predicted octanol–water partition coefficient (Wildman–Crippen LogP) is 3.22. The molecule has 2 rings (SSSR count). The van der Waals surface area contributed by atoms with Crippen molar-refractivity contribution in [3.8, 4) is 0 Å². The average Bonchev–Trinajstić information content (AvgIpc) is 2.84. The van der Waals surface area contributed by atoms with Crippen LogP contribution in [0.1, 0.15) is 20.8 Å². The molecule has 1 aromatic carbocycles. The van der Waals surface area contributed by atoms with Crippen molar-refractivity contribution >= 4 is 29.0 Å². The molecule has 0 aliphatic rings. The Morgan fingerprint density at radius 3 is 2.71 bits per heavy atom. The molecule has 0 spiro atoms. The van der Waals surface area contributed by atoms with Gasteiger partial charge in [-0.25, -0.2) is 14.0 Å². The Balaban J connectivity index is 1.98. The maximum atomic E-state index is 13.2. The Morgan fingerprint density at radius 1 is 1.33 bits per heavy atom. The van der Waals surface area contributed by atoms with Gasteiger partial charge in [0, 0.05) is 10.6 Å². The monoisotopic (exact) mass is 308 g/mol. The largest absolute Gasteiger partial charge is 0.478 e. The van der Waals surface area contributed by atoms with Gasteiger partial charge in [0.05, 0.1) is 12.1 Å². The fourth-order valence-electron chi connectivity index (χ4n) is 1.69. The lowest BCUT2D eigenvalue weighted by Crippen LogP contribution is -2.28. The number of nitrogens with one attached hydrogen (secondary N) is 2. The standard InChI is InChI=1S/C14H13FN2O3S/c1-8-4-5-21-12(8)7-16-14(20)17-9-2-3-11(15)10(6-9)13(18)19/h2-6H,7H2,1H3,(H,18,19)(H2,16,17,20). The van der Waals surface area contributed by atoms with E-state index in [0.717, 1.165) is 22.6 Å². The van der Waals surface area contributed by atoms with Gasteiger partial charge in [-0.1, -0.05) is 0 Å². The van der Waals surface area contributed by atoms with Crippen LogP contribution in [0.2, 0.25) is 0 Å². The van der Waals surface area contributed by atoms with Gasteiger partial charge in [-0.3, -0.25) is 0 Å². The first-order chi connectivity index (χ1) is 9.97. The quantitative estimate of drug-likeness (QED) is 0.811. The first-order valence-corrected chi connectivity index (χ1v) is 6.96. The topological polar surface area (TPSA) is 78.4 Å². The van der Waals surface area contributed by atoms with Gasteiger partial charge in [-0.05, 0) is 42.1 Å². The minimum Gasteiger partial charge on any atom is -0.478 e. The maximum absolute atomic E-state index is 13.2. The molecule has 21 heavy (non-hydrogen) atoms. The number of aromatic carboxylic acids is 1. The van der Waals surface area contributed by atoms with E-state index < -0.39 is 23.4 Å². The van der Waals surface area contributed by atoms with Crippen molar-refractivity contribution in [2.24, 2.45) is 0 Å². The molecule has 0 aliphatic carbocycles. The molecule has 0 bridgehead atoms. The summed E-state index contributed by atoms with van der Waals surface area (Å²) < 4.78 is 13.2. The van der Waals surface area contributed by atoms with Gasteiger partial charge in [0.2, 0.25) is 0 Å². The third kappa shape index (κ3) is 3.79. The SMILES string of the molecule is Cc1ccsc1CNC(=O)Nc1ccc(F)c(C(=O)O)c1. The normalized spacial score (nSPS) is 10.2. The lowest BCUT2D eigenvalue weighted by molar-refractivity contribution is 0.0692. The highest BCUT2D eigenvalue weighted by atomic mass is 32.1. The molecule has 0 unspecified atom stereocenters. The van der Waals surface area contributed by atoms with E-state index >= 15 is 0 Å². The van der Waals surface area contributed by atoms with Crippen LogP contribution in [0.4, 0.5) is 14.9 Å². The molecule has 2 aromatic rings. The summed E-state index contributed by atoms with van der Waals surface area (Å²) in [4.78, 5) is 23.6. The number of anilines is 1. The van der Waals surface area contributed by atoms with Crippen LogP contribution >= 0.6 is 11.3 Å². The van der Waals surface area contributed by atoms with E-state index in [9.17, 15) is 14.0 Å². The van der Waals surface area contributed by atoms with E-state index in [1.54, 1.807) is 0 Å². The fourth-order valence-corrected chi connectivity index (χ4v) is 2.53. The molecule has 1 heterocycles. The molecule has 0 aliphatic heterocycles. The first kappa shape index (κ1) is 15.0. The highest BCUT2D eigenvalue weighted by Gasteiger charge is 2.12. The van der Waals surface area contributed by atoms with Crippen LogP contribution in [0.15, 0.2) is 29.6 Å². The highest BCUT2D eigenvalue weighted by molar-refractivity contribution is 7.10. The Bertz CT molecular complexity index is 685. The Morgan fingerprint density at radius 2 is 2.10 bits per heavy atom. The summed E-state index contributed by atoms with van der Waals surface area (Å²) in [6, 6.07) is 4.86. The molecule has 0 radical (unpaired) electrons. The number of hydrogen-bond donors (Lipinski definition) is 3. The number of rotatable bonds is 4. The molecular weight excluding hydrogens is 295 g/mol. The van der Waals surface area contributed by atoms with Crippen molar-refractivity contribution in [1.29, 1.82) is 0 Å². The summed E-state index contributed by atoms with van der Waals surface area (Å²) in [5.41, 5.74) is 0.825. The number of urea groups is 1. The van der Waals surface area contributed by atoms with Gasteiger partial charge in [0.15, 0.2) is 0 Å². The molecule has 0 fully saturated rings. The number of aryl methyl sites for hydroxylation is 1. The van der Waals surface area contributed by atoms with Gasteiger partial charge < -0.3 is 15.7 Å². The molecule has 7 heteroatoms. The van der Waals surface area contributed by atoms with E-state index in [1.807, 2.05) is 18.4 Å². The van der Waals surface area contributed by atoms with Crippen LogP contribution in [-0.4, -0.2) is 17.1 Å². The number of thiophene rings is 1. The van der Waals surface area contributed by atoms with E-state index in [4.69, 9.17) is 5.11 Å². The minimum atomic E-state index is -1.38. The van der Waals surface area contributed by atoms with E-state index in [2.05, 4.69) is 10.6 Å². The number of halogens is 1. The van der Waals surface area contributed by atoms with Gasteiger partial charge in [-0.15, -0.1) is 11.3 Å². The van der Waals surface area contributed by atoms with Crippen LogP contribution < -0.4 is 10.6 Å². The summed E-state index contributed by atoms with van der Waals surface area (Å²) in [7, 11) is 0. The lowest BCUT2D eigenvalue weighted by Gasteiger charge is -2.08. The van der Waals surface area contributed by atoms with Crippen molar-refractivity contribution in [3.63, 3.8) is 0 Å². The van der Waals surface area contributed by atoms with Crippen LogP contribution in [0, 0.1) is 12.7 Å². The fraction of sp³-hybridized carbons (Fsp3) is 0.143. The lowest BCUT2D eigenvalue weighted by atomic mass is 10.2. The number of carboxylic acid groups (broad SMARTS) is 1. The third-order valence-electron chi connectivity index (χ3n) is 2.83. The van der Waals surface area contributed by atoms with E-state index in [1.165, 1.54) is 17.4 Å². The number of carboxylic acids is 1. The van der Waals surface area contributed by atoms with Crippen molar-refractivity contribution in [2.75, 3.05) is 5.32 Å². The summed E-state index contributed by atoms with van der Waals surface area (Å²) in [5.74, 6) is -2.23. The smallest absolute Gasteiger partial charge is 0.338 e. The number of carbonyl (C=O) groups is 2. The van der Waals surface area contributed by atoms with E-state index in [0.29, 0.717) is 6.54 Å². The molecule has 110 valence electrons. The second kappa shape index (κ2) is 6.36. The predicted molar refractivity (Wildman–Crippen MR) is 78.3 cm³/mol. The van der Waals surface area contributed by atoms with Gasteiger partial charge >= 0.3 is 12.0 Å². The maximum Gasteiger partial charge on any atom is 0.338 e. The Labute approximate surface area is 124 Å². The van der Waals surface area contributed by atoms with Crippen LogP contribution in [-0.2, 0) is 6.54 Å². The number of hydrogen-bond acceptors (Lipinski definition) is 3. The van der Waals surface area contributed by atoms with E-state index in [-0.39, 0.29) is 5.69 Å². The molecular formula is C14H13FN2O3S. The van der Waals surface area contributed by atoms with Crippen molar-refractivity contribution in [3.05, 3.63) is 51.5 Å². The Hall–Kier alpha value is -2.41. The zero-order valence-electron chi connectivity index (χ0n) is 11.1. The van der Waals surface area contributed by atoms with Gasteiger partial charge in [0.1, 0.15) is 5.82 Å². The molecule has 0 saturated heterocycles. The molecule has 1 aromatic heterocycles. The molecule has 3 N–H and O–H groups in total. The number of benzene rings is 1. The van der Waals surface area contributed by atoms with Crippen molar-refractivity contribution < 1.29 is 19.1 Å². The number of amides is 2. The third-order valence-corrected chi connectivity index (χ3v) is 3.86. The summed E-state index contributed by atoms with van der Waals surface area (Å²) in [6.45, 7) is 2.33. The zero-order chi connectivity index (χ0) is 15.4.